The first-order valence-electron chi connectivity index (χ1n) is 12.9. The summed E-state index contributed by atoms with van der Waals surface area (Å²) in [5.74, 6) is 0.644. The van der Waals surface area contributed by atoms with E-state index >= 15 is 0 Å². The highest BCUT2D eigenvalue weighted by Crippen LogP contribution is 2.20. The van der Waals surface area contributed by atoms with Gasteiger partial charge in [0, 0.05) is 23.5 Å². The lowest BCUT2D eigenvalue weighted by molar-refractivity contribution is -0.143. The largest absolute Gasteiger partial charge is 0.484 e. The molecule has 3 aromatic carbocycles. The molecule has 0 aliphatic rings. The van der Waals surface area contributed by atoms with E-state index in [9.17, 15) is 9.59 Å². The summed E-state index contributed by atoms with van der Waals surface area (Å²) >= 11 is 3.47. The molecule has 3 rings (SSSR count). The van der Waals surface area contributed by atoms with Crippen molar-refractivity contribution in [3.05, 3.63) is 100 Å². The van der Waals surface area contributed by atoms with Gasteiger partial charge in [0.25, 0.3) is 5.91 Å². The highest BCUT2D eigenvalue weighted by molar-refractivity contribution is 9.10. The third-order valence-electron chi connectivity index (χ3n) is 6.45. The van der Waals surface area contributed by atoms with E-state index in [1.54, 1.807) is 4.90 Å². The van der Waals surface area contributed by atoms with Crippen LogP contribution in [0.1, 0.15) is 56.7 Å². The van der Waals surface area contributed by atoms with Crippen molar-refractivity contribution in [3.63, 3.8) is 0 Å². The van der Waals surface area contributed by atoms with Crippen LogP contribution in [-0.2, 0) is 22.6 Å². The van der Waals surface area contributed by atoms with Crippen LogP contribution in [0.15, 0.2) is 83.3 Å². The Balaban J connectivity index is 1.88. The second-order valence-electron chi connectivity index (χ2n) is 9.68. The van der Waals surface area contributed by atoms with Crippen molar-refractivity contribution in [2.24, 2.45) is 0 Å². The number of carbonyl (C=O) groups is 2. The van der Waals surface area contributed by atoms with Gasteiger partial charge in [-0.2, -0.15) is 0 Å². The van der Waals surface area contributed by atoms with Crippen molar-refractivity contribution in [3.8, 4) is 5.75 Å². The fourth-order valence-electron chi connectivity index (χ4n) is 3.96. The number of nitrogens with zero attached hydrogens (tertiary/aromatic N) is 1. The highest BCUT2D eigenvalue weighted by atomic mass is 79.9. The molecule has 0 spiro atoms. The summed E-state index contributed by atoms with van der Waals surface area (Å²) in [6.45, 7) is 8.42. The van der Waals surface area contributed by atoms with Gasteiger partial charge in [-0.15, -0.1) is 0 Å². The van der Waals surface area contributed by atoms with E-state index in [2.05, 4.69) is 35.1 Å². The van der Waals surface area contributed by atoms with Gasteiger partial charge < -0.3 is 15.0 Å². The number of nitrogens with one attached hydrogen (secondary N) is 1. The summed E-state index contributed by atoms with van der Waals surface area (Å²) in [5, 5.41) is 3.09. The molecule has 2 atom stereocenters. The van der Waals surface area contributed by atoms with Crippen molar-refractivity contribution in [1.29, 1.82) is 0 Å². The van der Waals surface area contributed by atoms with Crippen molar-refractivity contribution in [2.75, 3.05) is 6.61 Å². The van der Waals surface area contributed by atoms with Crippen LogP contribution in [0.5, 0.6) is 5.75 Å². The van der Waals surface area contributed by atoms with Crippen LogP contribution in [0.3, 0.4) is 0 Å². The first-order chi connectivity index (χ1) is 17.8. The van der Waals surface area contributed by atoms with Crippen LogP contribution in [0.4, 0.5) is 0 Å². The molecule has 0 saturated heterocycles. The van der Waals surface area contributed by atoms with Crippen molar-refractivity contribution >= 4 is 27.7 Å². The Kier molecular flexibility index (Phi) is 10.8. The lowest BCUT2D eigenvalue weighted by atomic mass is 10.0. The highest BCUT2D eigenvalue weighted by Gasteiger charge is 2.31. The fourth-order valence-corrected chi connectivity index (χ4v) is 4.22. The van der Waals surface area contributed by atoms with Gasteiger partial charge in [0.05, 0.1) is 0 Å². The minimum atomic E-state index is -0.681. The summed E-state index contributed by atoms with van der Waals surface area (Å²) in [6, 6.07) is 24.7. The van der Waals surface area contributed by atoms with Crippen LogP contribution in [0, 0.1) is 0 Å². The zero-order valence-electron chi connectivity index (χ0n) is 22.1. The Morgan fingerprint density at radius 1 is 0.892 bits per heavy atom. The quantitative estimate of drug-likeness (QED) is 0.273. The monoisotopic (exact) mass is 564 g/mol. The van der Waals surface area contributed by atoms with Crippen LogP contribution < -0.4 is 10.1 Å². The molecule has 0 aliphatic heterocycles. The molecule has 1 N–H and O–H groups in total. The van der Waals surface area contributed by atoms with E-state index in [-0.39, 0.29) is 24.5 Å². The van der Waals surface area contributed by atoms with E-state index in [1.165, 1.54) is 5.56 Å². The van der Waals surface area contributed by atoms with E-state index in [0.29, 0.717) is 24.6 Å². The minimum absolute atomic E-state index is 0.00567. The molecule has 0 radical (unpaired) electrons. The van der Waals surface area contributed by atoms with E-state index in [0.717, 1.165) is 22.0 Å². The Hall–Kier alpha value is -3.12. The Morgan fingerprint density at radius 2 is 1.54 bits per heavy atom. The molecule has 0 unspecified atom stereocenters. The standard InChI is InChI=1S/C31H37BrN2O3/c1-5-23(4)33-31(36)29(19-24-9-7-6-8-10-24)34(20-25-11-15-27(32)16-12-25)30(35)21-37-28-17-13-26(14-18-28)22(2)3/h6-18,22-23,29H,5,19-21H2,1-4H3,(H,33,36)/t23-,29+/m1/s1. The lowest BCUT2D eigenvalue weighted by Crippen LogP contribution is -2.53. The van der Waals surface area contributed by atoms with Crippen molar-refractivity contribution in [2.45, 2.75) is 65.1 Å². The van der Waals surface area contributed by atoms with Crippen LogP contribution in [0.25, 0.3) is 0 Å². The first-order valence-corrected chi connectivity index (χ1v) is 13.7. The van der Waals surface area contributed by atoms with Gasteiger partial charge in [-0.25, -0.2) is 0 Å². The molecule has 0 aromatic heterocycles. The van der Waals surface area contributed by atoms with Crippen molar-refractivity contribution < 1.29 is 14.3 Å². The molecule has 0 fully saturated rings. The smallest absolute Gasteiger partial charge is 0.261 e. The zero-order valence-corrected chi connectivity index (χ0v) is 23.7. The molecule has 6 heteroatoms. The Labute approximate surface area is 229 Å². The van der Waals surface area contributed by atoms with E-state index in [1.807, 2.05) is 92.7 Å². The molecule has 0 bridgehead atoms. The maximum Gasteiger partial charge on any atom is 0.261 e. The topological polar surface area (TPSA) is 58.6 Å². The molecule has 5 nitrogen and oxygen atoms in total. The Bertz CT molecular complexity index is 1130. The van der Waals surface area contributed by atoms with E-state index < -0.39 is 6.04 Å². The number of hydrogen-bond acceptors (Lipinski definition) is 3. The molecule has 2 amide bonds. The summed E-state index contributed by atoms with van der Waals surface area (Å²) in [4.78, 5) is 28.8. The van der Waals surface area contributed by atoms with Gasteiger partial charge in [0.1, 0.15) is 11.8 Å². The van der Waals surface area contributed by atoms with Gasteiger partial charge in [-0.05, 0) is 60.2 Å². The summed E-state index contributed by atoms with van der Waals surface area (Å²) in [5.41, 5.74) is 3.14. The second kappa shape index (κ2) is 14.0. The fraction of sp³-hybridized carbons (Fsp3) is 0.355. The summed E-state index contributed by atoms with van der Waals surface area (Å²) in [6.07, 6.45) is 1.22. The van der Waals surface area contributed by atoms with Crippen LogP contribution >= 0.6 is 15.9 Å². The third kappa shape index (κ3) is 8.74. The molecular formula is C31H37BrN2O3. The van der Waals surface area contributed by atoms with Gasteiger partial charge in [-0.3, -0.25) is 9.59 Å². The summed E-state index contributed by atoms with van der Waals surface area (Å²) < 4.78 is 6.85. The number of amides is 2. The lowest BCUT2D eigenvalue weighted by Gasteiger charge is -2.32. The molecule has 0 aliphatic carbocycles. The predicted molar refractivity (Wildman–Crippen MR) is 153 cm³/mol. The second-order valence-corrected chi connectivity index (χ2v) is 10.6. The van der Waals surface area contributed by atoms with Crippen molar-refractivity contribution in [1.82, 2.24) is 10.2 Å². The van der Waals surface area contributed by atoms with Gasteiger partial charge in [0.15, 0.2) is 6.61 Å². The Morgan fingerprint density at radius 3 is 2.14 bits per heavy atom. The van der Waals surface area contributed by atoms with Gasteiger partial charge in [0.2, 0.25) is 5.91 Å². The predicted octanol–water partition coefficient (Wildman–Crippen LogP) is 6.51. The third-order valence-corrected chi connectivity index (χ3v) is 6.98. The zero-order chi connectivity index (χ0) is 26.8. The normalized spacial score (nSPS) is 12.6. The van der Waals surface area contributed by atoms with Crippen LogP contribution in [-0.4, -0.2) is 35.4 Å². The average molecular weight is 566 g/mol. The molecule has 0 saturated carbocycles. The van der Waals surface area contributed by atoms with Gasteiger partial charge >= 0.3 is 0 Å². The molecule has 0 heterocycles. The minimum Gasteiger partial charge on any atom is -0.484 e. The van der Waals surface area contributed by atoms with E-state index in [4.69, 9.17) is 4.74 Å². The SMILES string of the molecule is CC[C@@H](C)NC(=O)[C@H](Cc1ccccc1)N(Cc1ccc(Br)cc1)C(=O)COc1ccc(C(C)C)cc1. The maximum atomic E-state index is 13.7. The number of hydrogen-bond donors (Lipinski definition) is 1. The number of ether oxygens (including phenoxy) is 1. The molecular weight excluding hydrogens is 528 g/mol. The molecule has 37 heavy (non-hydrogen) atoms. The number of benzene rings is 3. The maximum absolute atomic E-state index is 13.7. The number of rotatable bonds is 12. The van der Waals surface area contributed by atoms with Gasteiger partial charge in [-0.1, -0.05) is 91.3 Å². The molecule has 196 valence electrons. The number of carbonyl (C=O) groups excluding carboxylic acids is 2. The first kappa shape index (κ1) is 28.5. The molecule has 3 aromatic rings. The van der Waals surface area contributed by atoms with Crippen LogP contribution in [0.2, 0.25) is 0 Å². The summed E-state index contributed by atoms with van der Waals surface area (Å²) in [7, 11) is 0. The average Bonchev–Trinajstić information content (AvgIpc) is 2.91. The number of halogens is 1.